The van der Waals surface area contributed by atoms with Crippen LogP contribution >= 0.6 is 23.1 Å². The van der Waals surface area contributed by atoms with Crippen molar-refractivity contribution in [2.45, 2.75) is 12.7 Å². The summed E-state index contributed by atoms with van der Waals surface area (Å²) in [5.41, 5.74) is 2.33. The fourth-order valence-corrected chi connectivity index (χ4v) is 4.55. The van der Waals surface area contributed by atoms with Gasteiger partial charge in [0.2, 0.25) is 5.91 Å². The van der Waals surface area contributed by atoms with E-state index in [2.05, 4.69) is 10.3 Å². The second kappa shape index (κ2) is 7.54. The third kappa shape index (κ3) is 3.74. The second-order valence-corrected chi connectivity index (χ2v) is 7.97. The van der Waals surface area contributed by atoms with Gasteiger partial charge in [-0.2, -0.15) is 0 Å². The number of thiazole rings is 1. The zero-order chi connectivity index (χ0) is 18.8. The maximum atomic E-state index is 12.3. The van der Waals surface area contributed by atoms with E-state index in [-0.39, 0.29) is 11.5 Å². The number of nitrogens with one attached hydrogen (secondary N) is 1. The quantitative estimate of drug-likeness (QED) is 0.553. The molecule has 0 fully saturated rings. The summed E-state index contributed by atoms with van der Waals surface area (Å²) in [7, 11) is 0. The van der Waals surface area contributed by atoms with Gasteiger partial charge in [0, 0.05) is 34.0 Å². The number of anilines is 1. The van der Waals surface area contributed by atoms with Crippen LogP contribution in [0.5, 0.6) is 0 Å². The monoisotopic (exact) mass is 395 g/mol. The van der Waals surface area contributed by atoms with Gasteiger partial charge in [-0.3, -0.25) is 14.0 Å². The molecule has 7 heteroatoms. The Morgan fingerprint density at radius 3 is 2.93 bits per heavy atom. The molecule has 2 heterocycles. The van der Waals surface area contributed by atoms with Crippen molar-refractivity contribution in [3.63, 3.8) is 0 Å². The van der Waals surface area contributed by atoms with Crippen molar-refractivity contribution < 1.29 is 4.79 Å². The zero-order valence-electron chi connectivity index (χ0n) is 14.6. The van der Waals surface area contributed by atoms with Gasteiger partial charge in [0.15, 0.2) is 4.96 Å². The number of amides is 1. The van der Waals surface area contributed by atoms with Gasteiger partial charge >= 0.3 is 0 Å². The first-order valence-corrected chi connectivity index (χ1v) is 10.5. The Morgan fingerprint density at radius 1 is 1.22 bits per heavy atom. The Morgan fingerprint density at radius 2 is 2.04 bits per heavy atom. The molecular formula is C20H17N3O2S2. The SMILES string of the molecule is Cc1csc2nc(CSCC(=O)Nc3cccc4ccccc34)cc(=O)n12. The van der Waals surface area contributed by atoms with Crippen LogP contribution in [0.15, 0.2) is 58.7 Å². The smallest absolute Gasteiger partial charge is 0.258 e. The fourth-order valence-electron chi connectivity index (χ4n) is 2.94. The molecule has 27 heavy (non-hydrogen) atoms. The van der Waals surface area contributed by atoms with Gasteiger partial charge in [0.05, 0.1) is 11.4 Å². The van der Waals surface area contributed by atoms with Crippen LogP contribution < -0.4 is 10.9 Å². The lowest BCUT2D eigenvalue weighted by Crippen LogP contribution is -2.16. The largest absolute Gasteiger partial charge is 0.325 e. The second-order valence-electron chi connectivity index (χ2n) is 6.15. The minimum absolute atomic E-state index is 0.0684. The molecule has 4 aromatic rings. The molecule has 4 rings (SSSR count). The molecular weight excluding hydrogens is 378 g/mol. The summed E-state index contributed by atoms with van der Waals surface area (Å²) in [6.45, 7) is 1.89. The molecule has 0 aliphatic carbocycles. The first-order valence-electron chi connectivity index (χ1n) is 8.44. The highest BCUT2D eigenvalue weighted by atomic mass is 32.2. The lowest BCUT2D eigenvalue weighted by Gasteiger charge is -2.08. The van der Waals surface area contributed by atoms with Gasteiger partial charge in [-0.25, -0.2) is 4.98 Å². The molecule has 0 aliphatic rings. The molecule has 0 bridgehead atoms. The van der Waals surface area contributed by atoms with Crippen molar-refractivity contribution in [1.29, 1.82) is 0 Å². The molecule has 0 spiro atoms. The van der Waals surface area contributed by atoms with E-state index >= 15 is 0 Å². The molecule has 0 aliphatic heterocycles. The molecule has 0 radical (unpaired) electrons. The van der Waals surface area contributed by atoms with Crippen molar-refractivity contribution in [3.8, 4) is 0 Å². The van der Waals surface area contributed by atoms with Crippen LogP contribution in [-0.4, -0.2) is 21.0 Å². The van der Waals surface area contributed by atoms with Gasteiger partial charge in [0.1, 0.15) is 0 Å². The van der Waals surface area contributed by atoms with Crippen LogP contribution in [0, 0.1) is 6.92 Å². The Balaban J connectivity index is 1.40. The molecule has 2 aromatic carbocycles. The normalized spacial score (nSPS) is 11.1. The van der Waals surface area contributed by atoms with Crippen LogP contribution in [0.3, 0.4) is 0 Å². The van der Waals surface area contributed by atoms with Crippen molar-refractivity contribution in [1.82, 2.24) is 9.38 Å². The molecule has 1 amide bonds. The number of benzene rings is 2. The molecule has 0 atom stereocenters. The summed E-state index contributed by atoms with van der Waals surface area (Å²) in [4.78, 5) is 29.7. The number of fused-ring (bicyclic) bond motifs is 2. The van der Waals surface area contributed by atoms with Crippen LogP contribution in [-0.2, 0) is 10.5 Å². The minimum atomic E-state index is -0.0745. The van der Waals surface area contributed by atoms with E-state index < -0.39 is 0 Å². The predicted octanol–water partition coefficient (Wildman–Crippen LogP) is 4.09. The lowest BCUT2D eigenvalue weighted by molar-refractivity contribution is -0.113. The lowest BCUT2D eigenvalue weighted by atomic mass is 10.1. The van der Waals surface area contributed by atoms with Gasteiger partial charge < -0.3 is 5.32 Å². The predicted molar refractivity (Wildman–Crippen MR) is 113 cm³/mol. The average Bonchev–Trinajstić information content (AvgIpc) is 3.03. The molecule has 0 unspecified atom stereocenters. The molecule has 136 valence electrons. The van der Waals surface area contributed by atoms with Crippen LogP contribution in [0.25, 0.3) is 15.7 Å². The third-order valence-corrected chi connectivity index (χ3v) is 6.09. The molecule has 0 saturated carbocycles. The fraction of sp³-hybridized carbons (Fsp3) is 0.150. The van der Waals surface area contributed by atoms with E-state index in [4.69, 9.17) is 0 Å². The third-order valence-electron chi connectivity index (χ3n) is 4.18. The number of aryl methyl sites for hydroxylation is 1. The highest BCUT2D eigenvalue weighted by Crippen LogP contribution is 2.23. The van der Waals surface area contributed by atoms with Gasteiger partial charge in [-0.1, -0.05) is 36.4 Å². The van der Waals surface area contributed by atoms with E-state index in [0.29, 0.717) is 22.2 Å². The number of carbonyl (C=O) groups is 1. The molecule has 2 aromatic heterocycles. The van der Waals surface area contributed by atoms with Crippen molar-refractivity contribution >= 4 is 50.4 Å². The topological polar surface area (TPSA) is 63.5 Å². The summed E-state index contributed by atoms with van der Waals surface area (Å²) in [5.74, 6) is 0.750. The first-order chi connectivity index (χ1) is 13.1. The summed E-state index contributed by atoms with van der Waals surface area (Å²) in [6.07, 6.45) is 0. The van der Waals surface area contributed by atoms with Crippen LogP contribution in [0.4, 0.5) is 5.69 Å². The van der Waals surface area contributed by atoms with Crippen molar-refractivity contribution in [2.24, 2.45) is 0 Å². The van der Waals surface area contributed by atoms with E-state index in [0.717, 1.165) is 22.2 Å². The number of carbonyl (C=O) groups excluding carboxylic acids is 1. The van der Waals surface area contributed by atoms with E-state index in [1.54, 1.807) is 10.5 Å². The van der Waals surface area contributed by atoms with E-state index in [1.165, 1.54) is 23.1 Å². The van der Waals surface area contributed by atoms with E-state index in [9.17, 15) is 9.59 Å². The molecule has 5 nitrogen and oxygen atoms in total. The number of thioether (sulfide) groups is 1. The standard InChI is InChI=1S/C20H17N3O2S2/c1-13-10-27-20-21-15(9-19(25)23(13)20)11-26-12-18(24)22-17-8-4-6-14-5-2-3-7-16(14)17/h2-10H,11-12H2,1H3,(H,22,24). The summed E-state index contributed by atoms with van der Waals surface area (Å²) >= 11 is 2.89. The minimum Gasteiger partial charge on any atom is -0.325 e. The first kappa shape index (κ1) is 17.8. The van der Waals surface area contributed by atoms with Crippen LogP contribution in [0.1, 0.15) is 11.4 Å². The number of hydrogen-bond acceptors (Lipinski definition) is 5. The number of hydrogen-bond donors (Lipinski definition) is 1. The Hall–Kier alpha value is -2.64. The Bertz CT molecular complexity index is 1190. The highest BCUT2D eigenvalue weighted by Gasteiger charge is 2.09. The van der Waals surface area contributed by atoms with Gasteiger partial charge in [-0.05, 0) is 18.4 Å². The maximum Gasteiger partial charge on any atom is 0.258 e. The zero-order valence-corrected chi connectivity index (χ0v) is 16.3. The summed E-state index contributed by atoms with van der Waals surface area (Å²) < 4.78 is 1.60. The summed E-state index contributed by atoms with van der Waals surface area (Å²) in [6, 6.07) is 15.3. The maximum absolute atomic E-state index is 12.3. The highest BCUT2D eigenvalue weighted by molar-refractivity contribution is 7.99. The van der Waals surface area contributed by atoms with Gasteiger partial charge in [-0.15, -0.1) is 23.1 Å². The Kier molecular flexibility index (Phi) is 4.96. The number of nitrogens with zero attached hydrogens (tertiary/aromatic N) is 2. The average molecular weight is 396 g/mol. The number of aromatic nitrogens is 2. The molecule has 1 N–H and O–H groups in total. The summed E-state index contributed by atoms with van der Waals surface area (Å²) in [5, 5.41) is 7.00. The van der Waals surface area contributed by atoms with Gasteiger partial charge in [0.25, 0.3) is 5.56 Å². The number of rotatable bonds is 5. The van der Waals surface area contributed by atoms with Crippen LogP contribution in [0.2, 0.25) is 0 Å². The van der Waals surface area contributed by atoms with Crippen molar-refractivity contribution in [2.75, 3.05) is 11.1 Å². The molecule has 0 saturated heterocycles. The van der Waals surface area contributed by atoms with Crippen molar-refractivity contribution in [3.05, 3.63) is 75.7 Å². The van der Waals surface area contributed by atoms with E-state index in [1.807, 2.05) is 54.8 Å². The Labute approximate surface area is 164 Å².